The van der Waals surface area contributed by atoms with Crippen molar-refractivity contribution < 1.29 is 9.32 Å². The fraction of sp³-hybridized carbons (Fsp3) is 0.467. The lowest BCUT2D eigenvalue weighted by Crippen LogP contribution is -2.41. The quantitative estimate of drug-likeness (QED) is 0.931. The van der Waals surface area contributed by atoms with Crippen molar-refractivity contribution in [2.45, 2.75) is 19.8 Å². The predicted octanol–water partition coefficient (Wildman–Crippen LogP) is 2.25. The summed E-state index contributed by atoms with van der Waals surface area (Å²) in [7, 11) is 0. The van der Waals surface area contributed by atoms with Gasteiger partial charge in [0, 0.05) is 13.1 Å². The maximum atomic E-state index is 12.2. The third kappa shape index (κ3) is 2.67. The van der Waals surface area contributed by atoms with Crippen molar-refractivity contribution in [2.75, 3.05) is 19.8 Å². The van der Waals surface area contributed by atoms with Crippen LogP contribution < -0.4 is 5.32 Å². The minimum absolute atomic E-state index is 0.173. The van der Waals surface area contributed by atoms with Crippen molar-refractivity contribution in [3.8, 4) is 0 Å². The zero-order valence-electron chi connectivity index (χ0n) is 11.6. The molecule has 1 aliphatic rings. The smallest absolute Gasteiger partial charge is 0.275 e. The number of rotatable bonds is 3. The van der Waals surface area contributed by atoms with Gasteiger partial charge in [-0.3, -0.25) is 9.69 Å². The second kappa shape index (κ2) is 5.63. The highest BCUT2D eigenvalue weighted by Gasteiger charge is 2.18. The first kappa shape index (κ1) is 13.1. The molecule has 5 nitrogen and oxygen atoms in total. The molecule has 3 rings (SSSR count). The van der Waals surface area contributed by atoms with Gasteiger partial charge in [-0.05, 0) is 30.9 Å². The van der Waals surface area contributed by atoms with E-state index in [0.29, 0.717) is 17.9 Å². The van der Waals surface area contributed by atoms with Gasteiger partial charge in [0.2, 0.25) is 0 Å². The molecule has 0 bridgehead atoms. The molecule has 1 fully saturated rings. The maximum absolute atomic E-state index is 12.2. The van der Waals surface area contributed by atoms with Gasteiger partial charge in [0.15, 0.2) is 11.3 Å². The van der Waals surface area contributed by atoms with Crippen LogP contribution >= 0.6 is 0 Å². The first-order valence-electron chi connectivity index (χ1n) is 7.09. The van der Waals surface area contributed by atoms with Gasteiger partial charge in [-0.2, -0.15) is 0 Å². The molecule has 106 valence electrons. The molecule has 1 N–H and O–H groups in total. The Morgan fingerprint density at radius 1 is 1.40 bits per heavy atom. The molecular formula is C15H19N3O2. The topological polar surface area (TPSA) is 58.4 Å². The molecular weight excluding hydrogens is 254 g/mol. The van der Waals surface area contributed by atoms with Crippen LogP contribution in [-0.4, -0.2) is 35.7 Å². The SMILES string of the molecule is CC1CCN(CNC(=O)c2noc3ccccc23)CC1. The van der Waals surface area contributed by atoms with Gasteiger partial charge in [0.05, 0.1) is 12.1 Å². The van der Waals surface area contributed by atoms with E-state index < -0.39 is 0 Å². The molecule has 0 radical (unpaired) electrons. The van der Waals surface area contributed by atoms with Crippen LogP contribution in [0, 0.1) is 5.92 Å². The van der Waals surface area contributed by atoms with E-state index in [4.69, 9.17) is 4.52 Å². The summed E-state index contributed by atoms with van der Waals surface area (Å²) >= 11 is 0. The summed E-state index contributed by atoms with van der Waals surface area (Å²) in [6.07, 6.45) is 2.39. The van der Waals surface area contributed by atoms with E-state index >= 15 is 0 Å². The first-order valence-corrected chi connectivity index (χ1v) is 7.09. The highest BCUT2D eigenvalue weighted by Crippen LogP contribution is 2.18. The highest BCUT2D eigenvalue weighted by atomic mass is 16.5. The zero-order valence-corrected chi connectivity index (χ0v) is 11.6. The average molecular weight is 273 g/mol. The van der Waals surface area contributed by atoms with Crippen LogP contribution in [0.3, 0.4) is 0 Å². The molecule has 1 amide bonds. The maximum Gasteiger partial charge on any atom is 0.275 e. The number of likely N-dealkylation sites (tertiary alicyclic amines) is 1. The number of benzene rings is 1. The van der Waals surface area contributed by atoms with Crippen LogP contribution in [0.25, 0.3) is 11.0 Å². The van der Waals surface area contributed by atoms with Gasteiger partial charge < -0.3 is 9.84 Å². The number of amides is 1. The molecule has 0 aliphatic carbocycles. The summed E-state index contributed by atoms with van der Waals surface area (Å²) in [5.74, 6) is 0.620. The predicted molar refractivity (Wildman–Crippen MR) is 76.3 cm³/mol. The van der Waals surface area contributed by atoms with Crippen LogP contribution in [0.4, 0.5) is 0 Å². The Hall–Kier alpha value is -1.88. The molecule has 2 heterocycles. The molecule has 5 heteroatoms. The number of hydrogen-bond acceptors (Lipinski definition) is 4. The Balaban J connectivity index is 1.62. The molecule has 0 spiro atoms. The Labute approximate surface area is 117 Å². The minimum Gasteiger partial charge on any atom is -0.355 e. The van der Waals surface area contributed by atoms with Crippen LogP contribution in [0.2, 0.25) is 0 Å². The number of carbonyl (C=O) groups is 1. The van der Waals surface area contributed by atoms with E-state index in [2.05, 4.69) is 22.3 Å². The van der Waals surface area contributed by atoms with Gasteiger partial charge in [0.1, 0.15) is 0 Å². The molecule has 0 saturated carbocycles. The second-order valence-corrected chi connectivity index (χ2v) is 5.49. The number of para-hydroxylation sites is 1. The molecule has 20 heavy (non-hydrogen) atoms. The van der Waals surface area contributed by atoms with Crippen molar-refractivity contribution in [2.24, 2.45) is 5.92 Å². The third-order valence-corrected chi connectivity index (χ3v) is 3.93. The standard InChI is InChI=1S/C15H19N3O2/c1-11-6-8-18(9-7-11)10-16-15(19)14-12-4-2-3-5-13(12)20-17-14/h2-5,11H,6-10H2,1H3,(H,16,19). The average Bonchev–Trinajstić information content (AvgIpc) is 2.90. The Kier molecular flexibility index (Phi) is 3.69. The van der Waals surface area contributed by atoms with Gasteiger partial charge >= 0.3 is 0 Å². The van der Waals surface area contributed by atoms with Crippen LogP contribution in [-0.2, 0) is 0 Å². The third-order valence-electron chi connectivity index (χ3n) is 3.93. The number of nitrogens with one attached hydrogen (secondary N) is 1. The summed E-state index contributed by atoms with van der Waals surface area (Å²) in [6, 6.07) is 7.40. The molecule has 1 saturated heterocycles. The number of fused-ring (bicyclic) bond motifs is 1. The van der Waals surface area contributed by atoms with Gasteiger partial charge in [-0.1, -0.05) is 24.2 Å². The number of carbonyl (C=O) groups excluding carboxylic acids is 1. The molecule has 1 aromatic heterocycles. The van der Waals surface area contributed by atoms with Crippen LogP contribution in [0.5, 0.6) is 0 Å². The zero-order chi connectivity index (χ0) is 13.9. The van der Waals surface area contributed by atoms with Gasteiger partial charge in [0.25, 0.3) is 5.91 Å². The van der Waals surface area contributed by atoms with E-state index in [1.54, 1.807) is 0 Å². The minimum atomic E-state index is -0.173. The summed E-state index contributed by atoms with van der Waals surface area (Å²) in [5.41, 5.74) is 1.01. The molecule has 2 aromatic rings. The van der Waals surface area contributed by atoms with E-state index in [1.807, 2.05) is 24.3 Å². The van der Waals surface area contributed by atoms with E-state index in [9.17, 15) is 4.79 Å². The van der Waals surface area contributed by atoms with Crippen molar-refractivity contribution in [3.63, 3.8) is 0 Å². The van der Waals surface area contributed by atoms with Crippen molar-refractivity contribution in [1.82, 2.24) is 15.4 Å². The first-order chi connectivity index (χ1) is 9.74. The molecule has 0 atom stereocenters. The van der Waals surface area contributed by atoms with Crippen LogP contribution in [0.15, 0.2) is 28.8 Å². The summed E-state index contributed by atoms with van der Waals surface area (Å²) in [4.78, 5) is 14.4. The highest BCUT2D eigenvalue weighted by molar-refractivity contribution is 6.03. The number of hydrogen-bond donors (Lipinski definition) is 1. The van der Waals surface area contributed by atoms with Crippen molar-refractivity contribution >= 4 is 16.9 Å². The Bertz CT molecular complexity index is 600. The lowest BCUT2D eigenvalue weighted by Gasteiger charge is -2.29. The van der Waals surface area contributed by atoms with E-state index in [-0.39, 0.29) is 5.91 Å². The van der Waals surface area contributed by atoms with Crippen molar-refractivity contribution in [3.05, 3.63) is 30.0 Å². The number of aromatic nitrogens is 1. The van der Waals surface area contributed by atoms with Crippen molar-refractivity contribution in [1.29, 1.82) is 0 Å². The molecule has 1 aromatic carbocycles. The number of nitrogens with zero attached hydrogens (tertiary/aromatic N) is 2. The fourth-order valence-electron chi connectivity index (χ4n) is 2.54. The lowest BCUT2D eigenvalue weighted by molar-refractivity contribution is 0.0898. The van der Waals surface area contributed by atoms with Gasteiger partial charge in [-0.15, -0.1) is 0 Å². The van der Waals surface area contributed by atoms with Gasteiger partial charge in [-0.25, -0.2) is 0 Å². The normalized spacial score (nSPS) is 17.4. The Morgan fingerprint density at radius 2 is 2.15 bits per heavy atom. The van der Waals surface area contributed by atoms with E-state index in [1.165, 1.54) is 12.8 Å². The summed E-state index contributed by atoms with van der Waals surface area (Å²) in [6.45, 7) is 4.94. The summed E-state index contributed by atoms with van der Waals surface area (Å²) in [5, 5.41) is 7.55. The Morgan fingerprint density at radius 3 is 2.95 bits per heavy atom. The largest absolute Gasteiger partial charge is 0.355 e. The molecule has 0 unspecified atom stereocenters. The second-order valence-electron chi connectivity index (χ2n) is 5.49. The monoisotopic (exact) mass is 273 g/mol. The van der Waals surface area contributed by atoms with E-state index in [0.717, 1.165) is 24.4 Å². The summed E-state index contributed by atoms with van der Waals surface area (Å²) < 4.78 is 5.15. The number of piperidine rings is 1. The van der Waals surface area contributed by atoms with Crippen LogP contribution in [0.1, 0.15) is 30.3 Å². The lowest BCUT2D eigenvalue weighted by atomic mass is 10.00. The fourth-order valence-corrected chi connectivity index (χ4v) is 2.54. The molecule has 1 aliphatic heterocycles.